The quantitative estimate of drug-likeness (QED) is 0.832. The third kappa shape index (κ3) is 3.13. The van der Waals surface area contributed by atoms with Crippen LogP contribution in [0.4, 0.5) is 5.69 Å². The number of hydrogen-bond acceptors (Lipinski definition) is 4. The van der Waals surface area contributed by atoms with Crippen LogP contribution in [0, 0.1) is 0 Å². The molecule has 0 radical (unpaired) electrons. The highest BCUT2D eigenvalue weighted by Gasteiger charge is 2.18. The summed E-state index contributed by atoms with van der Waals surface area (Å²) in [6, 6.07) is 8.32. The van der Waals surface area contributed by atoms with Crippen molar-refractivity contribution in [3.63, 3.8) is 0 Å². The normalized spacial score (nSPS) is 11.5. The van der Waals surface area contributed by atoms with Crippen LogP contribution >= 0.6 is 11.3 Å². The number of rotatable bonds is 5. The van der Waals surface area contributed by atoms with Gasteiger partial charge < -0.3 is 5.11 Å². The lowest BCUT2D eigenvalue weighted by Crippen LogP contribution is -2.11. The number of nitrogens with one attached hydrogen (secondary N) is 1. The molecule has 108 valence electrons. The van der Waals surface area contributed by atoms with Crippen molar-refractivity contribution >= 4 is 27.0 Å². The van der Waals surface area contributed by atoms with E-state index in [4.69, 9.17) is 0 Å². The summed E-state index contributed by atoms with van der Waals surface area (Å²) in [7, 11) is -3.64. The zero-order valence-corrected chi connectivity index (χ0v) is 13.0. The Kier molecular flexibility index (Phi) is 4.35. The van der Waals surface area contributed by atoms with Crippen LogP contribution in [0.3, 0.4) is 0 Å². The molecule has 1 aromatic heterocycles. The standard InChI is InChI=1S/C14H17NO3S2/c1-3-10-5-7-13(16)12(9-10)15-20(17,18)14-8-6-11(4-2)19-14/h5-9,15-16H,3-4H2,1-2H3. The minimum atomic E-state index is -3.64. The van der Waals surface area contributed by atoms with Crippen LogP contribution in [0.15, 0.2) is 34.5 Å². The maximum atomic E-state index is 12.3. The molecule has 0 aliphatic rings. The van der Waals surface area contributed by atoms with Crippen LogP contribution in [0.1, 0.15) is 24.3 Å². The van der Waals surface area contributed by atoms with Crippen LogP contribution in [0.5, 0.6) is 5.75 Å². The second-order valence-corrected chi connectivity index (χ2v) is 7.46. The lowest BCUT2D eigenvalue weighted by Gasteiger charge is -2.09. The van der Waals surface area contributed by atoms with Crippen molar-refractivity contribution in [1.29, 1.82) is 0 Å². The van der Waals surface area contributed by atoms with Crippen LogP contribution in [-0.4, -0.2) is 13.5 Å². The average Bonchev–Trinajstić information content (AvgIpc) is 2.91. The maximum absolute atomic E-state index is 12.3. The third-order valence-corrected chi connectivity index (χ3v) is 6.05. The second-order valence-electron chi connectivity index (χ2n) is 4.38. The summed E-state index contributed by atoms with van der Waals surface area (Å²) in [5, 5.41) is 9.77. The molecular weight excluding hydrogens is 294 g/mol. The van der Waals surface area contributed by atoms with Gasteiger partial charge in [-0.2, -0.15) is 0 Å². The largest absolute Gasteiger partial charge is 0.506 e. The molecule has 6 heteroatoms. The first kappa shape index (κ1) is 14.9. The average molecular weight is 311 g/mol. The number of aromatic hydroxyl groups is 1. The summed E-state index contributed by atoms with van der Waals surface area (Å²) in [4.78, 5) is 1.01. The smallest absolute Gasteiger partial charge is 0.271 e. The monoisotopic (exact) mass is 311 g/mol. The molecule has 1 aromatic carbocycles. The van der Waals surface area contributed by atoms with Gasteiger partial charge in [0.2, 0.25) is 0 Å². The Morgan fingerprint density at radius 3 is 2.50 bits per heavy atom. The number of aryl methyl sites for hydroxylation is 2. The Morgan fingerprint density at radius 1 is 1.15 bits per heavy atom. The molecule has 0 unspecified atom stereocenters. The van der Waals surface area contributed by atoms with E-state index in [1.54, 1.807) is 18.2 Å². The van der Waals surface area contributed by atoms with Gasteiger partial charge >= 0.3 is 0 Å². The van der Waals surface area contributed by atoms with Crippen LogP contribution in [0.2, 0.25) is 0 Å². The van der Waals surface area contributed by atoms with Crippen molar-refractivity contribution in [3.05, 3.63) is 40.8 Å². The fraction of sp³-hybridized carbons (Fsp3) is 0.286. The molecule has 0 aliphatic heterocycles. The van der Waals surface area contributed by atoms with Crippen LogP contribution in [0.25, 0.3) is 0 Å². The molecule has 0 aliphatic carbocycles. The van der Waals surface area contributed by atoms with E-state index in [9.17, 15) is 13.5 Å². The van der Waals surface area contributed by atoms with Crippen LogP contribution < -0.4 is 4.72 Å². The Labute approximate surface area is 123 Å². The summed E-state index contributed by atoms with van der Waals surface area (Å²) in [6.45, 7) is 3.95. The van der Waals surface area contributed by atoms with E-state index < -0.39 is 10.0 Å². The first-order valence-electron chi connectivity index (χ1n) is 6.39. The molecule has 0 saturated heterocycles. The third-order valence-electron chi connectivity index (χ3n) is 2.96. The van der Waals surface area contributed by atoms with Crippen molar-refractivity contribution in [3.8, 4) is 5.75 Å². The van der Waals surface area contributed by atoms with Gasteiger partial charge in [-0.1, -0.05) is 19.9 Å². The van der Waals surface area contributed by atoms with Crippen molar-refractivity contribution in [2.45, 2.75) is 30.9 Å². The fourth-order valence-electron chi connectivity index (χ4n) is 1.77. The number of sulfonamides is 1. The molecule has 0 fully saturated rings. The highest BCUT2D eigenvalue weighted by molar-refractivity contribution is 7.94. The summed E-state index contributed by atoms with van der Waals surface area (Å²) < 4.78 is 27.2. The van der Waals surface area contributed by atoms with Gasteiger partial charge in [-0.3, -0.25) is 4.72 Å². The molecule has 0 amide bonds. The Hall–Kier alpha value is -1.53. The molecule has 2 N–H and O–H groups in total. The van der Waals surface area contributed by atoms with Crippen LogP contribution in [-0.2, 0) is 22.9 Å². The Bertz CT molecular complexity index is 705. The second kappa shape index (κ2) is 5.85. The summed E-state index contributed by atoms with van der Waals surface area (Å²) in [5.41, 5.74) is 1.18. The summed E-state index contributed by atoms with van der Waals surface area (Å²) in [5.74, 6) is -0.0713. The first-order valence-corrected chi connectivity index (χ1v) is 8.69. The maximum Gasteiger partial charge on any atom is 0.271 e. The van der Waals surface area contributed by atoms with E-state index in [-0.39, 0.29) is 15.6 Å². The van der Waals surface area contributed by atoms with E-state index in [1.807, 2.05) is 19.9 Å². The number of benzene rings is 1. The molecule has 2 rings (SSSR count). The van der Waals surface area contributed by atoms with Gasteiger partial charge in [0.15, 0.2) is 0 Å². The topological polar surface area (TPSA) is 66.4 Å². The molecule has 1 heterocycles. The first-order chi connectivity index (χ1) is 9.46. The van der Waals surface area contributed by atoms with E-state index >= 15 is 0 Å². The summed E-state index contributed by atoms with van der Waals surface area (Å²) >= 11 is 1.24. The number of phenols is 1. The van der Waals surface area contributed by atoms with Gasteiger partial charge in [0.1, 0.15) is 9.96 Å². The van der Waals surface area contributed by atoms with Gasteiger partial charge in [0.25, 0.3) is 10.0 Å². The Balaban J connectivity index is 2.32. The SMILES string of the molecule is CCc1ccc(O)c(NS(=O)(=O)c2ccc(CC)s2)c1. The summed E-state index contributed by atoms with van der Waals surface area (Å²) in [6.07, 6.45) is 1.57. The van der Waals surface area contributed by atoms with E-state index in [2.05, 4.69) is 4.72 Å². The number of hydrogen-bond donors (Lipinski definition) is 2. The van der Waals surface area contributed by atoms with Gasteiger partial charge in [-0.05, 0) is 42.7 Å². The number of anilines is 1. The minimum Gasteiger partial charge on any atom is -0.506 e. The van der Waals surface area contributed by atoms with Gasteiger partial charge in [0, 0.05) is 4.88 Å². The predicted octanol–water partition coefficient (Wildman–Crippen LogP) is 3.38. The van der Waals surface area contributed by atoms with Gasteiger partial charge in [-0.25, -0.2) is 8.42 Å². The number of thiophene rings is 1. The molecule has 20 heavy (non-hydrogen) atoms. The molecule has 0 saturated carbocycles. The fourth-order valence-corrected chi connectivity index (χ4v) is 4.13. The van der Waals surface area contributed by atoms with Gasteiger partial charge in [0.05, 0.1) is 5.69 Å². The van der Waals surface area contributed by atoms with E-state index in [0.29, 0.717) is 0 Å². The van der Waals surface area contributed by atoms with Gasteiger partial charge in [-0.15, -0.1) is 11.3 Å². The number of phenolic OH excluding ortho intramolecular Hbond substituents is 1. The predicted molar refractivity (Wildman–Crippen MR) is 82.0 cm³/mol. The lowest BCUT2D eigenvalue weighted by atomic mass is 10.1. The van der Waals surface area contributed by atoms with Crippen molar-refractivity contribution in [2.75, 3.05) is 4.72 Å². The minimum absolute atomic E-state index is 0.0713. The molecular formula is C14H17NO3S2. The van der Waals surface area contributed by atoms with Crippen molar-refractivity contribution in [1.82, 2.24) is 0 Å². The molecule has 0 spiro atoms. The van der Waals surface area contributed by atoms with E-state index in [1.165, 1.54) is 17.4 Å². The highest BCUT2D eigenvalue weighted by atomic mass is 32.2. The lowest BCUT2D eigenvalue weighted by molar-refractivity contribution is 0.477. The molecule has 0 atom stereocenters. The molecule has 2 aromatic rings. The highest BCUT2D eigenvalue weighted by Crippen LogP contribution is 2.29. The molecule has 4 nitrogen and oxygen atoms in total. The van der Waals surface area contributed by atoms with Crippen molar-refractivity contribution < 1.29 is 13.5 Å². The molecule has 0 bridgehead atoms. The Morgan fingerprint density at radius 2 is 1.90 bits per heavy atom. The van der Waals surface area contributed by atoms with E-state index in [0.717, 1.165) is 23.3 Å². The zero-order chi connectivity index (χ0) is 14.8. The van der Waals surface area contributed by atoms with Crippen molar-refractivity contribution in [2.24, 2.45) is 0 Å². The zero-order valence-electron chi connectivity index (χ0n) is 11.4.